The average molecular weight is 969 g/mol. The predicted molar refractivity (Wildman–Crippen MR) is 275 cm³/mol. The Kier molecular flexibility index (Phi) is 41.1. The van der Waals surface area contributed by atoms with Gasteiger partial charge in [0.15, 0.2) is 24.6 Å². The Bertz CT molecular complexity index is 1530. The van der Waals surface area contributed by atoms with E-state index in [4.69, 9.17) is 23.7 Å². The molecule has 0 aromatic carbocycles. The van der Waals surface area contributed by atoms with Gasteiger partial charge in [-0.1, -0.05) is 157 Å². The molecular formula is C57H92O12. The van der Waals surface area contributed by atoms with Crippen LogP contribution in [0.25, 0.3) is 0 Å². The molecule has 392 valence electrons. The third-order valence-corrected chi connectivity index (χ3v) is 11.4. The third kappa shape index (κ3) is 35.6. The normalized spacial score (nSPS) is 19.3. The number of unbranched alkanes of at least 4 members (excludes halogenated alkanes) is 15. The Balaban J connectivity index is 2.78. The Hall–Kier alpha value is -4.10. The first-order chi connectivity index (χ1) is 33.6. The van der Waals surface area contributed by atoms with Crippen LogP contribution in [0, 0.1) is 0 Å². The van der Waals surface area contributed by atoms with E-state index in [0.717, 1.165) is 116 Å². The van der Waals surface area contributed by atoms with Gasteiger partial charge in [-0.15, -0.1) is 0 Å². The number of hydrogen-bond acceptors (Lipinski definition) is 11. The van der Waals surface area contributed by atoms with E-state index >= 15 is 0 Å². The van der Waals surface area contributed by atoms with Crippen LogP contribution >= 0.6 is 0 Å². The van der Waals surface area contributed by atoms with Crippen molar-refractivity contribution in [3.63, 3.8) is 0 Å². The molecule has 1 saturated heterocycles. The number of aliphatic hydroxyl groups is 2. The fourth-order valence-corrected chi connectivity index (χ4v) is 7.39. The number of rotatable bonds is 43. The second kappa shape index (κ2) is 45.1. The molecule has 0 radical (unpaired) electrons. The fraction of sp³-hybridized carbons (Fsp3) is 0.684. The quantitative estimate of drug-likeness (QED) is 0.0229. The zero-order valence-electron chi connectivity index (χ0n) is 42.8. The van der Waals surface area contributed by atoms with Crippen molar-refractivity contribution in [1.29, 1.82) is 0 Å². The highest BCUT2D eigenvalue weighted by Crippen LogP contribution is 2.26. The van der Waals surface area contributed by atoms with E-state index in [9.17, 15) is 34.5 Å². The minimum absolute atomic E-state index is 0.0181. The number of hydrogen-bond donors (Lipinski definition) is 3. The molecule has 6 unspecified atom stereocenters. The van der Waals surface area contributed by atoms with Crippen LogP contribution in [0.15, 0.2) is 85.1 Å². The van der Waals surface area contributed by atoms with E-state index in [1.165, 1.54) is 25.7 Å². The molecule has 0 aliphatic carbocycles. The zero-order valence-corrected chi connectivity index (χ0v) is 42.8. The topological polar surface area (TPSA) is 175 Å². The van der Waals surface area contributed by atoms with Crippen molar-refractivity contribution in [2.45, 2.75) is 237 Å². The van der Waals surface area contributed by atoms with E-state index in [0.29, 0.717) is 19.3 Å². The molecule has 3 N–H and O–H groups in total. The van der Waals surface area contributed by atoms with Crippen LogP contribution in [0.5, 0.6) is 0 Å². The van der Waals surface area contributed by atoms with Crippen LogP contribution in [-0.4, -0.2) is 89.2 Å². The molecule has 1 aliphatic heterocycles. The maximum atomic E-state index is 13.1. The van der Waals surface area contributed by atoms with Gasteiger partial charge in [0.05, 0.1) is 6.61 Å². The van der Waals surface area contributed by atoms with Crippen LogP contribution in [0.4, 0.5) is 0 Å². The van der Waals surface area contributed by atoms with Gasteiger partial charge >= 0.3 is 23.9 Å². The van der Waals surface area contributed by atoms with Crippen molar-refractivity contribution in [2.24, 2.45) is 0 Å². The van der Waals surface area contributed by atoms with Gasteiger partial charge in [-0.3, -0.25) is 14.4 Å². The summed E-state index contributed by atoms with van der Waals surface area (Å²) >= 11 is 0. The second-order valence-corrected chi connectivity index (χ2v) is 17.7. The number of aliphatic carboxylic acids is 1. The minimum Gasteiger partial charge on any atom is -0.479 e. The first kappa shape index (κ1) is 62.9. The van der Waals surface area contributed by atoms with Crippen molar-refractivity contribution in [3.05, 3.63) is 85.1 Å². The smallest absolute Gasteiger partial charge is 0.335 e. The molecule has 1 heterocycles. The van der Waals surface area contributed by atoms with Crippen LogP contribution in [0.2, 0.25) is 0 Å². The lowest BCUT2D eigenvalue weighted by atomic mass is 9.98. The lowest BCUT2D eigenvalue weighted by Gasteiger charge is -2.40. The molecule has 0 aromatic rings. The number of carboxylic acids is 1. The van der Waals surface area contributed by atoms with Crippen molar-refractivity contribution >= 4 is 23.9 Å². The molecule has 0 spiro atoms. The summed E-state index contributed by atoms with van der Waals surface area (Å²) in [5, 5.41) is 31.3. The summed E-state index contributed by atoms with van der Waals surface area (Å²) in [4.78, 5) is 50.8. The predicted octanol–water partition coefficient (Wildman–Crippen LogP) is 12.8. The summed E-state index contributed by atoms with van der Waals surface area (Å²) in [6.45, 7) is 5.66. The summed E-state index contributed by atoms with van der Waals surface area (Å²) in [6.07, 6.45) is 44.3. The summed E-state index contributed by atoms with van der Waals surface area (Å²) in [5.41, 5.74) is 0. The van der Waals surface area contributed by atoms with Crippen molar-refractivity contribution < 1.29 is 58.2 Å². The van der Waals surface area contributed by atoms with Gasteiger partial charge in [-0.2, -0.15) is 0 Å². The molecule has 1 fully saturated rings. The number of ether oxygens (including phenoxy) is 5. The van der Waals surface area contributed by atoms with Gasteiger partial charge in [-0.05, 0) is 109 Å². The Morgan fingerprint density at radius 3 is 1.42 bits per heavy atom. The van der Waals surface area contributed by atoms with Gasteiger partial charge in [0.1, 0.15) is 18.8 Å². The van der Waals surface area contributed by atoms with Gasteiger partial charge < -0.3 is 39.0 Å². The molecule has 6 atom stereocenters. The molecule has 0 aromatic heterocycles. The summed E-state index contributed by atoms with van der Waals surface area (Å²) in [7, 11) is 0. The molecule has 0 bridgehead atoms. The standard InChI is InChI=1S/C57H92O12/c1-4-7-10-13-16-19-22-25-28-31-34-37-40-43-49(58)65-46-48(67-50(59)44-41-38-35-32-29-26-23-20-17-14-11-8-5-2)47-66-57-55(53(62)52(61)54(69-57)56(63)64)68-51(60)45-42-39-36-33-30-27-24-21-18-15-12-9-6-3/h7,9-10,12,16,18-21,23,25,27-28,30,48,52-55,57,61-62H,4-6,8,11,13-15,17,22,24,26,29,31-47H2,1-3H3,(H,63,64)/b10-7-,12-9-,19-16-,21-18-,23-20-,28-25-,30-27-. The number of carbonyl (C=O) groups is 4. The fourth-order valence-electron chi connectivity index (χ4n) is 7.39. The average Bonchev–Trinajstić information content (AvgIpc) is 3.33. The zero-order chi connectivity index (χ0) is 50.4. The molecule has 69 heavy (non-hydrogen) atoms. The lowest BCUT2D eigenvalue weighted by Crippen LogP contribution is -2.61. The molecular weight excluding hydrogens is 877 g/mol. The third-order valence-electron chi connectivity index (χ3n) is 11.4. The van der Waals surface area contributed by atoms with Gasteiger partial charge in [0.2, 0.25) is 0 Å². The Labute approximate surface area is 416 Å². The number of carboxylic acid groups (broad SMARTS) is 1. The highest BCUT2D eigenvalue weighted by atomic mass is 16.7. The molecule has 12 nitrogen and oxygen atoms in total. The van der Waals surface area contributed by atoms with Gasteiger partial charge in [0.25, 0.3) is 0 Å². The van der Waals surface area contributed by atoms with E-state index in [2.05, 4.69) is 106 Å². The van der Waals surface area contributed by atoms with Crippen LogP contribution in [0.3, 0.4) is 0 Å². The van der Waals surface area contributed by atoms with Crippen LogP contribution in [-0.2, 0) is 42.9 Å². The molecule has 0 amide bonds. The van der Waals surface area contributed by atoms with E-state index < -0.39 is 67.3 Å². The van der Waals surface area contributed by atoms with Gasteiger partial charge in [0, 0.05) is 19.3 Å². The molecule has 1 rings (SSSR count). The summed E-state index contributed by atoms with van der Waals surface area (Å²) in [5.74, 6) is -3.22. The number of allylic oxidation sites excluding steroid dienone is 14. The molecule has 12 heteroatoms. The minimum atomic E-state index is -1.92. The van der Waals surface area contributed by atoms with Gasteiger partial charge in [-0.25, -0.2) is 4.79 Å². The summed E-state index contributed by atoms with van der Waals surface area (Å²) < 4.78 is 28.2. The molecule has 1 aliphatic rings. The number of aliphatic hydroxyl groups excluding tert-OH is 2. The monoisotopic (exact) mass is 969 g/mol. The van der Waals surface area contributed by atoms with Crippen molar-refractivity contribution in [2.75, 3.05) is 13.2 Å². The Morgan fingerprint density at radius 1 is 0.493 bits per heavy atom. The molecule has 0 saturated carbocycles. The van der Waals surface area contributed by atoms with E-state index in [1.54, 1.807) is 0 Å². The summed E-state index contributed by atoms with van der Waals surface area (Å²) in [6, 6.07) is 0. The Morgan fingerprint density at radius 2 is 0.913 bits per heavy atom. The first-order valence-electron chi connectivity index (χ1n) is 26.6. The number of esters is 3. The second-order valence-electron chi connectivity index (χ2n) is 17.7. The number of carbonyl (C=O) groups excluding carboxylic acids is 3. The maximum absolute atomic E-state index is 13.1. The SMILES string of the molecule is CC/C=C\C/C=C\C/C=C\CCCCCC(=O)OCC(COC1OC(C(=O)O)C(O)C(O)C1OC(=O)CCCCC/C=C\C/C=C\C/C=C\CC)OC(=O)CCCCCCC/C=C\CCCCCC. The first-order valence-corrected chi connectivity index (χ1v) is 26.6. The van der Waals surface area contributed by atoms with E-state index in [-0.39, 0.29) is 25.9 Å². The largest absolute Gasteiger partial charge is 0.479 e. The van der Waals surface area contributed by atoms with Crippen molar-refractivity contribution in [1.82, 2.24) is 0 Å². The lowest BCUT2D eigenvalue weighted by molar-refractivity contribution is -0.301. The maximum Gasteiger partial charge on any atom is 0.335 e. The van der Waals surface area contributed by atoms with E-state index in [1.807, 2.05) is 0 Å². The van der Waals surface area contributed by atoms with Crippen LogP contribution in [0.1, 0.15) is 201 Å². The highest BCUT2D eigenvalue weighted by Gasteiger charge is 2.50. The van der Waals surface area contributed by atoms with Crippen molar-refractivity contribution in [3.8, 4) is 0 Å². The van der Waals surface area contributed by atoms with Crippen LogP contribution < -0.4 is 0 Å². The highest BCUT2D eigenvalue weighted by molar-refractivity contribution is 5.74.